The van der Waals surface area contributed by atoms with E-state index in [1.54, 1.807) is 0 Å². The van der Waals surface area contributed by atoms with Crippen molar-refractivity contribution in [3.05, 3.63) is 12.7 Å². The van der Waals surface area contributed by atoms with E-state index in [2.05, 4.69) is 18.5 Å². The van der Waals surface area contributed by atoms with Gasteiger partial charge in [-0.15, -0.1) is 6.58 Å². The van der Waals surface area contributed by atoms with Crippen molar-refractivity contribution in [1.82, 2.24) is 4.90 Å². The Morgan fingerprint density at radius 1 is 1.75 bits per heavy atom. The molecule has 1 heteroatoms. The van der Waals surface area contributed by atoms with Crippen molar-refractivity contribution in [1.29, 1.82) is 0 Å². The summed E-state index contributed by atoms with van der Waals surface area (Å²) in [7, 11) is 2.15. The van der Waals surface area contributed by atoms with Gasteiger partial charge < -0.3 is 0 Å². The molecule has 0 aliphatic carbocycles. The van der Waals surface area contributed by atoms with Crippen LogP contribution in [0.4, 0.5) is 0 Å². The van der Waals surface area contributed by atoms with Gasteiger partial charge in [-0.3, -0.25) is 4.90 Å². The Morgan fingerprint density at radius 3 is 2.75 bits per heavy atom. The maximum absolute atomic E-state index is 3.75. The molecule has 0 radical (unpaired) electrons. The van der Waals surface area contributed by atoms with E-state index in [0.29, 0.717) is 6.04 Å². The maximum atomic E-state index is 3.75. The monoisotopic (exact) mass is 111 g/mol. The second kappa shape index (κ2) is 2.31. The third-order valence-electron chi connectivity index (χ3n) is 1.85. The van der Waals surface area contributed by atoms with Crippen LogP contribution in [0.5, 0.6) is 0 Å². The van der Waals surface area contributed by atoms with Crippen LogP contribution in [0.1, 0.15) is 12.8 Å². The van der Waals surface area contributed by atoms with E-state index < -0.39 is 0 Å². The van der Waals surface area contributed by atoms with Crippen molar-refractivity contribution in [3.63, 3.8) is 0 Å². The molecule has 0 bridgehead atoms. The third-order valence-corrected chi connectivity index (χ3v) is 1.85. The molecule has 46 valence electrons. The molecule has 1 aliphatic heterocycles. The molecule has 1 aliphatic rings. The number of rotatable bonds is 1. The number of hydrogen-bond acceptors (Lipinski definition) is 1. The van der Waals surface area contributed by atoms with Gasteiger partial charge in [0.2, 0.25) is 0 Å². The highest BCUT2D eigenvalue weighted by molar-refractivity contribution is 4.90. The quantitative estimate of drug-likeness (QED) is 0.460. The first-order valence-corrected chi connectivity index (χ1v) is 3.17. The molecule has 1 atom stereocenters. The molecule has 1 saturated heterocycles. The number of likely N-dealkylation sites (N-methyl/N-ethyl adjacent to an activating group) is 1. The third kappa shape index (κ3) is 0.920. The van der Waals surface area contributed by atoms with Crippen LogP contribution < -0.4 is 0 Å². The van der Waals surface area contributed by atoms with Gasteiger partial charge in [-0.1, -0.05) is 6.08 Å². The maximum Gasteiger partial charge on any atom is 0.0273 e. The summed E-state index contributed by atoms with van der Waals surface area (Å²) in [6, 6.07) is 0.662. The zero-order chi connectivity index (χ0) is 5.98. The van der Waals surface area contributed by atoms with E-state index in [9.17, 15) is 0 Å². The number of hydrogen-bond donors (Lipinski definition) is 0. The van der Waals surface area contributed by atoms with E-state index in [1.165, 1.54) is 19.4 Å². The topological polar surface area (TPSA) is 3.24 Å². The molecule has 1 fully saturated rings. The highest BCUT2D eigenvalue weighted by Gasteiger charge is 2.16. The van der Waals surface area contributed by atoms with Crippen molar-refractivity contribution >= 4 is 0 Å². The zero-order valence-corrected chi connectivity index (χ0v) is 5.43. The molecule has 0 aromatic carbocycles. The summed E-state index contributed by atoms with van der Waals surface area (Å²) in [5.41, 5.74) is 0. The summed E-state index contributed by atoms with van der Waals surface area (Å²) < 4.78 is 0. The van der Waals surface area contributed by atoms with Crippen LogP contribution in [0.3, 0.4) is 0 Å². The minimum absolute atomic E-state index is 0.662. The summed E-state index contributed by atoms with van der Waals surface area (Å²) in [6.45, 7) is 5.00. The molecule has 0 saturated carbocycles. The minimum atomic E-state index is 0.662. The lowest BCUT2D eigenvalue weighted by molar-refractivity contribution is 0.357. The van der Waals surface area contributed by atoms with Gasteiger partial charge in [0.1, 0.15) is 0 Å². The summed E-state index contributed by atoms with van der Waals surface area (Å²) in [5, 5.41) is 0. The second-order valence-corrected chi connectivity index (χ2v) is 2.43. The number of nitrogens with zero attached hydrogens (tertiary/aromatic N) is 1. The first kappa shape index (κ1) is 5.83. The lowest BCUT2D eigenvalue weighted by Crippen LogP contribution is -2.21. The molecular weight excluding hydrogens is 98.1 g/mol. The van der Waals surface area contributed by atoms with E-state index in [0.717, 1.165) is 0 Å². The van der Waals surface area contributed by atoms with Crippen LogP contribution in [0.15, 0.2) is 12.7 Å². The van der Waals surface area contributed by atoms with Gasteiger partial charge in [0.05, 0.1) is 0 Å². The van der Waals surface area contributed by atoms with Crippen molar-refractivity contribution in [2.24, 2.45) is 0 Å². The van der Waals surface area contributed by atoms with Gasteiger partial charge in [0.25, 0.3) is 0 Å². The van der Waals surface area contributed by atoms with E-state index >= 15 is 0 Å². The Morgan fingerprint density at radius 2 is 2.50 bits per heavy atom. The van der Waals surface area contributed by atoms with Gasteiger partial charge in [0.15, 0.2) is 0 Å². The standard InChI is InChI=1S/C7H13N/c1-3-7-5-4-6-8(7)2/h3,7H,1,4-6H2,2H3/t7-/m0/s1. The van der Waals surface area contributed by atoms with Crippen LogP contribution in [0, 0.1) is 0 Å². The highest BCUT2D eigenvalue weighted by atomic mass is 15.1. The predicted octanol–water partition coefficient (Wildman–Crippen LogP) is 1.27. The zero-order valence-electron chi connectivity index (χ0n) is 5.43. The van der Waals surface area contributed by atoms with Crippen molar-refractivity contribution < 1.29 is 0 Å². The summed E-state index contributed by atoms with van der Waals surface area (Å²) in [4.78, 5) is 2.34. The minimum Gasteiger partial charge on any atom is -0.300 e. The van der Waals surface area contributed by atoms with Crippen LogP contribution in [-0.4, -0.2) is 24.5 Å². The summed E-state index contributed by atoms with van der Waals surface area (Å²) in [5.74, 6) is 0. The van der Waals surface area contributed by atoms with Crippen LogP contribution in [0.25, 0.3) is 0 Å². The van der Waals surface area contributed by atoms with E-state index in [-0.39, 0.29) is 0 Å². The molecule has 0 aromatic rings. The molecule has 0 amide bonds. The lowest BCUT2D eigenvalue weighted by Gasteiger charge is -2.13. The van der Waals surface area contributed by atoms with Crippen molar-refractivity contribution in [3.8, 4) is 0 Å². The second-order valence-electron chi connectivity index (χ2n) is 2.43. The number of likely N-dealkylation sites (tertiary alicyclic amines) is 1. The molecule has 1 nitrogen and oxygen atoms in total. The van der Waals surface area contributed by atoms with Gasteiger partial charge in [-0.05, 0) is 26.4 Å². The van der Waals surface area contributed by atoms with Crippen LogP contribution >= 0.6 is 0 Å². The Hall–Kier alpha value is -0.300. The van der Waals surface area contributed by atoms with Crippen LogP contribution in [-0.2, 0) is 0 Å². The largest absolute Gasteiger partial charge is 0.300 e. The first-order valence-electron chi connectivity index (χ1n) is 3.17. The molecule has 1 rings (SSSR count). The average Bonchev–Trinajstić information content (AvgIpc) is 2.14. The summed E-state index contributed by atoms with van der Waals surface area (Å²) >= 11 is 0. The molecule has 0 aromatic heterocycles. The van der Waals surface area contributed by atoms with E-state index in [1.807, 2.05) is 6.08 Å². The van der Waals surface area contributed by atoms with Crippen LogP contribution in [0.2, 0.25) is 0 Å². The Balaban J connectivity index is 2.41. The molecule has 0 N–H and O–H groups in total. The fourth-order valence-electron chi connectivity index (χ4n) is 1.23. The first-order chi connectivity index (χ1) is 3.84. The molecule has 0 spiro atoms. The SMILES string of the molecule is C=C[C@H]1CCCN1C. The van der Waals surface area contributed by atoms with E-state index in [4.69, 9.17) is 0 Å². The normalized spacial score (nSPS) is 30.9. The van der Waals surface area contributed by atoms with Gasteiger partial charge in [0, 0.05) is 6.04 Å². The lowest BCUT2D eigenvalue weighted by atomic mass is 10.2. The predicted molar refractivity (Wildman–Crippen MR) is 35.8 cm³/mol. The Kier molecular flexibility index (Phi) is 1.69. The molecule has 0 unspecified atom stereocenters. The van der Waals surface area contributed by atoms with Gasteiger partial charge >= 0.3 is 0 Å². The average molecular weight is 111 g/mol. The van der Waals surface area contributed by atoms with Crippen molar-refractivity contribution in [2.75, 3.05) is 13.6 Å². The summed E-state index contributed by atoms with van der Waals surface area (Å²) in [6.07, 6.45) is 4.68. The fraction of sp³-hybridized carbons (Fsp3) is 0.714. The smallest absolute Gasteiger partial charge is 0.0273 e. The van der Waals surface area contributed by atoms with Gasteiger partial charge in [-0.25, -0.2) is 0 Å². The highest BCUT2D eigenvalue weighted by Crippen LogP contribution is 2.14. The Bertz CT molecular complexity index is 88.4. The molecular formula is C7H13N. The Labute approximate surface area is 51.0 Å². The molecule has 1 heterocycles. The van der Waals surface area contributed by atoms with Crippen molar-refractivity contribution in [2.45, 2.75) is 18.9 Å². The van der Waals surface area contributed by atoms with Gasteiger partial charge in [-0.2, -0.15) is 0 Å². The fourth-order valence-corrected chi connectivity index (χ4v) is 1.23. The molecule has 8 heavy (non-hydrogen) atoms.